The zero-order chi connectivity index (χ0) is 16.5. The predicted molar refractivity (Wildman–Crippen MR) is 95.8 cm³/mol. The summed E-state index contributed by atoms with van der Waals surface area (Å²) < 4.78 is 1.75. The van der Waals surface area contributed by atoms with Gasteiger partial charge in [-0.3, -0.25) is 9.59 Å². The number of thiophene rings is 1. The Morgan fingerprint density at radius 3 is 2.67 bits per heavy atom. The molecule has 0 bridgehead atoms. The van der Waals surface area contributed by atoms with Crippen molar-refractivity contribution >= 4 is 33.7 Å². The first-order chi connectivity index (χ1) is 11.7. The van der Waals surface area contributed by atoms with Crippen LogP contribution in [0.25, 0.3) is 11.0 Å². The normalized spacial score (nSPS) is 12.1. The first kappa shape index (κ1) is 14.9. The standard InChI is InChI=1S/C17H11N3O2S2/c21-15-13(9-11-5-2-1-3-6-11)19-20-16(22)14(24-17(20)18-15)10-12-7-4-8-23-12/h1-8,10H,9H2. The van der Waals surface area contributed by atoms with E-state index in [0.717, 1.165) is 10.4 Å². The maximum absolute atomic E-state index is 12.5. The fourth-order valence-electron chi connectivity index (χ4n) is 2.34. The van der Waals surface area contributed by atoms with Crippen LogP contribution in [0, 0.1) is 0 Å². The second-order valence-corrected chi connectivity index (χ2v) is 7.14. The molecule has 0 amide bonds. The average molecular weight is 353 g/mol. The SMILES string of the molecule is O=c1nc2sc(=Cc3cccs3)c(=O)n2nc1Cc1ccccc1. The molecule has 5 nitrogen and oxygen atoms in total. The Morgan fingerprint density at radius 2 is 1.92 bits per heavy atom. The van der Waals surface area contributed by atoms with Crippen molar-refractivity contribution in [3.63, 3.8) is 0 Å². The molecule has 24 heavy (non-hydrogen) atoms. The Balaban J connectivity index is 1.85. The molecule has 118 valence electrons. The summed E-state index contributed by atoms with van der Waals surface area (Å²) in [5.74, 6) is 0. The molecule has 0 saturated heterocycles. The van der Waals surface area contributed by atoms with Gasteiger partial charge in [0, 0.05) is 11.3 Å². The molecule has 0 aliphatic rings. The molecule has 4 rings (SSSR count). The van der Waals surface area contributed by atoms with Gasteiger partial charge in [0.2, 0.25) is 4.96 Å². The monoisotopic (exact) mass is 353 g/mol. The van der Waals surface area contributed by atoms with Crippen LogP contribution in [0.15, 0.2) is 57.4 Å². The van der Waals surface area contributed by atoms with E-state index >= 15 is 0 Å². The Labute approximate surface area is 144 Å². The molecule has 0 aliphatic heterocycles. The third-order valence-corrected chi connectivity index (χ3v) is 5.26. The molecule has 0 atom stereocenters. The lowest BCUT2D eigenvalue weighted by atomic mass is 10.1. The Kier molecular flexibility index (Phi) is 3.79. The van der Waals surface area contributed by atoms with Crippen molar-refractivity contribution in [2.24, 2.45) is 0 Å². The van der Waals surface area contributed by atoms with Crippen molar-refractivity contribution in [3.8, 4) is 0 Å². The highest BCUT2D eigenvalue weighted by Gasteiger charge is 2.11. The molecule has 0 fully saturated rings. The molecule has 7 heteroatoms. The molecule has 0 radical (unpaired) electrons. The van der Waals surface area contributed by atoms with Crippen molar-refractivity contribution in [2.45, 2.75) is 6.42 Å². The van der Waals surface area contributed by atoms with Crippen LogP contribution in [0.1, 0.15) is 16.1 Å². The number of aromatic nitrogens is 3. The highest BCUT2D eigenvalue weighted by molar-refractivity contribution is 7.15. The van der Waals surface area contributed by atoms with Crippen LogP contribution in [0.3, 0.4) is 0 Å². The number of hydrogen-bond donors (Lipinski definition) is 0. The Morgan fingerprint density at radius 1 is 1.08 bits per heavy atom. The zero-order valence-corrected chi connectivity index (χ0v) is 14.0. The molecule has 0 saturated carbocycles. The maximum Gasteiger partial charge on any atom is 0.296 e. The maximum atomic E-state index is 12.5. The number of thiazole rings is 1. The van der Waals surface area contributed by atoms with Crippen LogP contribution in [0.2, 0.25) is 0 Å². The summed E-state index contributed by atoms with van der Waals surface area (Å²) in [5, 5.41) is 6.19. The van der Waals surface area contributed by atoms with Gasteiger partial charge in [-0.1, -0.05) is 47.7 Å². The molecule has 3 heterocycles. The van der Waals surface area contributed by atoms with Crippen LogP contribution < -0.4 is 15.7 Å². The highest BCUT2D eigenvalue weighted by atomic mass is 32.1. The lowest BCUT2D eigenvalue weighted by Gasteiger charge is -1.99. The quantitative estimate of drug-likeness (QED) is 0.562. The fourth-order valence-corrected chi connectivity index (χ4v) is 3.97. The smallest absolute Gasteiger partial charge is 0.266 e. The molecule has 0 unspecified atom stereocenters. The molecule has 0 N–H and O–H groups in total. The van der Waals surface area contributed by atoms with Gasteiger partial charge in [0.25, 0.3) is 11.1 Å². The minimum atomic E-state index is -0.386. The minimum Gasteiger partial charge on any atom is -0.266 e. The number of benzene rings is 1. The zero-order valence-electron chi connectivity index (χ0n) is 12.4. The first-order valence-corrected chi connectivity index (χ1v) is 8.92. The molecular weight excluding hydrogens is 342 g/mol. The summed E-state index contributed by atoms with van der Waals surface area (Å²) in [4.78, 5) is 30.0. The van der Waals surface area contributed by atoms with Crippen molar-refractivity contribution in [1.29, 1.82) is 0 Å². The summed E-state index contributed by atoms with van der Waals surface area (Å²) in [6.07, 6.45) is 2.16. The van der Waals surface area contributed by atoms with Crippen molar-refractivity contribution in [2.75, 3.05) is 0 Å². The lowest BCUT2D eigenvalue weighted by molar-refractivity contribution is 0.811. The van der Waals surface area contributed by atoms with E-state index in [9.17, 15) is 9.59 Å². The Bertz CT molecular complexity index is 1160. The van der Waals surface area contributed by atoms with Gasteiger partial charge in [-0.25, -0.2) is 0 Å². The molecule has 3 aromatic heterocycles. The molecular formula is C17H11N3O2S2. The van der Waals surface area contributed by atoms with E-state index in [0.29, 0.717) is 15.9 Å². The third kappa shape index (κ3) is 2.79. The van der Waals surface area contributed by atoms with Crippen LogP contribution in [-0.2, 0) is 6.42 Å². The summed E-state index contributed by atoms with van der Waals surface area (Å²) >= 11 is 2.72. The summed E-state index contributed by atoms with van der Waals surface area (Å²) in [6.45, 7) is 0. The van der Waals surface area contributed by atoms with Gasteiger partial charge in [0.1, 0.15) is 5.69 Å². The van der Waals surface area contributed by atoms with Crippen molar-refractivity contribution in [3.05, 3.63) is 89.2 Å². The number of hydrogen-bond acceptors (Lipinski definition) is 6. The third-order valence-electron chi connectivity index (χ3n) is 3.48. The van der Waals surface area contributed by atoms with E-state index in [1.54, 1.807) is 17.4 Å². The van der Waals surface area contributed by atoms with Crippen molar-refractivity contribution in [1.82, 2.24) is 14.6 Å². The van der Waals surface area contributed by atoms with Crippen LogP contribution in [0.5, 0.6) is 0 Å². The second kappa shape index (κ2) is 6.10. The van der Waals surface area contributed by atoms with Gasteiger partial charge in [-0.15, -0.1) is 11.3 Å². The Hall–Kier alpha value is -2.64. The second-order valence-electron chi connectivity index (χ2n) is 5.15. The summed E-state index contributed by atoms with van der Waals surface area (Å²) in [6, 6.07) is 13.4. The summed E-state index contributed by atoms with van der Waals surface area (Å²) in [5.41, 5.74) is 0.598. The predicted octanol–water partition coefficient (Wildman–Crippen LogP) is 1.71. The highest BCUT2D eigenvalue weighted by Crippen LogP contribution is 2.09. The first-order valence-electron chi connectivity index (χ1n) is 7.22. The van der Waals surface area contributed by atoms with Gasteiger partial charge in [-0.2, -0.15) is 14.6 Å². The molecule has 4 aromatic rings. The van der Waals surface area contributed by atoms with Gasteiger partial charge < -0.3 is 0 Å². The molecule has 0 aliphatic carbocycles. The van der Waals surface area contributed by atoms with E-state index < -0.39 is 0 Å². The van der Waals surface area contributed by atoms with Crippen LogP contribution in [-0.4, -0.2) is 14.6 Å². The van der Waals surface area contributed by atoms with E-state index in [4.69, 9.17) is 0 Å². The van der Waals surface area contributed by atoms with E-state index in [1.807, 2.05) is 47.8 Å². The number of rotatable bonds is 3. The van der Waals surface area contributed by atoms with Crippen molar-refractivity contribution < 1.29 is 0 Å². The average Bonchev–Trinajstić information content (AvgIpc) is 3.19. The van der Waals surface area contributed by atoms with Gasteiger partial charge in [0.15, 0.2) is 0 Å². The van der Waals surface area contributed by atoms with E-state index in [2.05, 4.69) is 10.1 Å². The van der Waals surface area contributed by atoms with Gasteiger partial charge in [-0.05, 0) is 23.1 Å². The number of fused-ring (bicyclic) bond motifs is 1. The van der Waals surface area contributed by atoms with Gasteiger partial charge in [0.05, 0.1) is 4.53 Å². The minimum absolute atomic E-state index is 0.245. The lowest BCUT2D eigenvalue weighted by Crippen LogP contribution is -2.27. The van der Waals surface area contributed by atoms with Gasteiger partial charge >= 0.3 is 0 Å². The van der Waals surface area contributed by atoms with E-state index in [1.165, 1.54) is 15.9 Å². The number of nitrogens with zero attached hydrogens (tertiary/aromatic N) is 3. The fraction of sp³-hybridized carbons (Fsp3) is 0.0588. The van der Waals surface area contributed by atoms with Crippen LogP contribution >= 0.6 is 22.7 Å². The topological polar surface area (TPSA) is 64.3 Å². The molecule has 1 aromatic carbocycles. The van der Waals surface area contributed by atoms with Crippen LogP contribution in [0.4, 0.5) is 0 Å². The largest absolute Gasteiger partial charge is 0.296 e. The summed E-state index contributed by atoms with van der Waals surface area (Å²) in [7, 11) is 0. The van der Waals surface area contributed by atoms with E-state index in [-0.39, 0.29) is 16.8 Å². The molecule has 0 spiro atoms.